The summed E-state index contributed by atoms with van der Waals surface area (Å²) >= 11 is 0. The summed E-state index contributed by atoms with van der Waals surface area (Å²) in [5.41, 5.74) is -0.876. The van der Waals surface area contributed by atoms with Crippen molar-refractivity contribution < 1.29 is 44.6 Å². The van der Waals surface area contributed by atoms with Gasteiger partial charge in [0.05, 0.1) is 11.8 Å². The van der Waals surface area contributed by atoms with E-state index in [4.69, 9.17) is 4.74 Å². The first-order chi connectivity index (χ1) is 12.3. The lowest BCUT2D eigenvalue weighted by atomic mass is 10.2. The topological polar surface area (TPSA) is 81.7 Å². The summed E-state index contributed by atoms with van der Waals surface area (Å²) in [7, 11) is -3.99. The summed E-state index contributed by atoms with van der Waals surface area (Å²) in [6, 6.07) is 4.74. The normalized spacial score (nSPS) is 11.8. The number of sulfonamides is 1. The third-order valence-corrected chi connectivity index (χ3v) is 3.39. The van der Waals surface area contributed by atoms with E-state index in [9.17, 15) is 35.2 Å². The van der Waals surface area contributed by atoms with E-state index in [-0.39, 0.29) is 5.75 Å². The van der Waals surface area contributed by atoms with Crippen molar-refractivity contribution in [2.75, 3.05) is 6.26 Å². The van der Waals surface area contributed by atoms with Crippen molar-refractivity contribution in [1.82, 2.24) is 4.72 Å². The molecule has 2 aromatic carbocycles. The average Bonchev–Trinajstić information content (AvgIpc) is 2.49. The van der Waals surface area contributed by atoms with Gasteiger partial charge in [0.25, 0.3) is 5.91 Å². The van der Waals surface area contributed by atoms with Crippen LogP contribution in [0.2, 0.25) is 0 Å². The number of benzene rings is 2. The molecule has 6 nitrogen and oxygen atoms in total. The molecule has 0 unspecified atom stereocenters. The van der Waals surface area contributed by atoms with Gasteiger partial charge in [-0.3, -0.25) is 4.79 Å². The second-order valence-electron chi connectivity index (χ2n) is 5.09. The fraction of sp³-hybridized carbons (Fsp3) is 0.133. The molecule has 0 saturated carbocycles. The summed E-state index contributed by atoms with van der Waals surface area (Å²) < 4.78 is 96.3. The number of hydrogen-bond acceptors (Lipinski definition) is 5. The van der Waals surface area contributed by atoms with Gasteiger partial charge in [-0.25, -0.2) is 21.9 Å². The molecule has 0 bridgehead atoms. The van der Waals surface area contributed by atoms with Gasteiger partial charge in [0, 0.05) is 6.07 Å². The summed E-state index contributed by atoms with van der Waals surface area (Å²) in [6.07, 6.45) is -4.23. The predicted octanol–water partition coefficient (Wildman–Crippen LogP) is 3.35. The molecule has 2 rings (SSSR count). The molecule has 0 aromatic heterocycles. The summed E-state index contributed by atoms with van der Waals surface area (Å²) in [6.45, 7) is 0. The van der Waals surface area contributed by atoms with Crippen LogP contribution in [-0.2, 0) is 10.0 Å². The number of ether oxygens (including phenoxy) is 2. The molecule has 0 saturated heterocycles. The third-order valence-electron chi connectivity index (χ3n) is 2.83. The second kappa shape index (κ2) is 7.39. The molecule has 0 heterocycles. The van der Waals surface area contributed by atoms with Gasteiger partial charge in [-0.1, -0.05) is 0 Å². The van der Waals surface area contributed by atoms with Gasteiger partial charge in [-0.2, -0.15) is 0 Å². The van der Waals surface area contributed by atoms with E-state index in [1.807, 2.05) is 0 Å². The smallest absolute Gasteiger partial charge is 0.454 e. The van der Waals surface area contributed by atoms with Crippen molar-refractivity contribution in [3.8, 4) is 17.2 Å². The quantitative estimate of drug-likeness (QED) is 0.764. The SMILES string of the molecule is CS(=O)(=O)NC(=O)c1cc(F)c(Oc2ccc(OC(F)(F)F)cc2)cc1F. The highest BCUT2D eigenvalue weighted by atomic mass is 32.2. The Labute approximate surface area is 149 Å². The monoisotopic (exact) mass is 411 g/mol. The first-order valence-electron chi connectivity index (χ1n) is 6.89. The number of halogens is 5. The number of alkyl halides is 3. The van der Waals surface area contributed by atoms with E-state index in [1.165, 1.54) is 4.72 Å². The maximum Gasteiger partial charge on any atom is 0.573 e. The molecule has 1 amide bonds. The van der Waals surface area contributed by atoms with Gasteiger partial charge < -0.3 is 9.47 Å². The van der Waals surface area contributed by atoms with Crippen LogP contribution in [0.4, 0.5) is 22.0 Å². The van der Waals surface area contributed by atoms with Crippen LogP contribution in [0.3, 0.4) is 0 Å². The lowest BCUT2D eigenvalue weighted by Crippen LogP contribution is -2.30. The van der Waals surface area contributed by atoms with Gasteiger partial charge in [-0.15, -0.1) is 13.2 Å². The first-order valence-corrected chi connectivity index (χ1v) is 8.78. The molecular weight excluding hydrogens is 401 g/mol. The third kappa shape index (κ3) is 6.09. The zero-order valence-corrected chi connectivity index (χ0v) is 14.1. The molecule has 0 fully saturated rings. The number of hydrogen-bond donors (Lipinski definition) is 1. The molecule has 0 atom stereocenters. The highest BCUT2D eigenvalue weighted by Crippen LogP contribution is 2.30. The number of carbonyl (C=O) groups excluding carboxylic acids is 1. The maximum absolute atomic E-state index is 14.0. The number of rotatable bonds is 5. The Balaban J connectivity index is 2.20. The molecule has 0 aliphatic rings. The average molecular weight is 411 g/mol. The summed E-state index contributed by atoms with van der Waals surface area (Å²) in [5.74, 6) is -5.22. The molecular formula is C15H10F5NO5S. The molecule has 0 spiro atoms. The van der Waals surface area contributed by atoms with E-state index in [0.29, 0.717) is 18.4 Å². The van der Waals surface area contributed by atoms with Crippen LogP contribution in [0.1, 0.15) is 10.4 Å². The highest BCUT2D eigenvalue weighted by Gasteiger charge is 2.31. The zero-order valence-electron chi connectivity index (χ0n) is 13.3. The molecule has 0 radical (unpaired) electrons. The van der Waals surface area contributed by atoms with Crippen LogP contribution in [0.5, 0.6) is 17.2 Å². The van der Waals surface area contributed by atoms with Crippen LogP contribution >= 0.6 is 0 Å². The Kier molecular flexibility index (Phi) is 5.59. The standard InChI is InChI=1S/C15H10F5NO5S/c1-27(23,24)21-14(22)10-6-12(17)13(7-11(10)16)25-8-2-4-9(5-3-8)26-15(18,19)20/h2-7H,1H3,(H,21,22). The molecule has 1 N–H and O–H groups in total. The fourth-order valence-corrected chi connectivity index (χ4v) is 2.29. The number of amides is 1. The number of carbonyl (C=O) groups is 1. The molecule has 146 valence electrons. The minimum Gasteiger partial charge on any atom is -0.454 e. The summed E-state index contributed by atoms with van der Waals surface area (Å²) in [4.78, 5) is 11.6. The fourth-order valence-electron chi connectivity index (χ4n) is 1.84. The minimum atomic E-state index is -4.89. The lowest BCUT2D eigenvalue weighted by molar-refractivity contribution is -0.274. The zero-order chi connectivity index (χ0) is 20.4. The maximum atomic E-state index is 14.0. The van der Waals surface area contributed by atoms with E-state index in [2.05, 4.69) is 4.74 Å². The van der Waals surface area contributed by atoms with Crippen molar-refractivity contribution >= 4 is 15.9 Å². The van der Waals surface area contributed by atoms with Crippen LogP contribution < -0.4 is 14.2 Å². The molecule has 0 aliphatic carbocycles. The van der Waals surface area contributed by atoms with Gasteiger partial charge in [-0.05, 0) is 30.3 Å². The number of nitrogens with one attached hydrogen (secondary N) is 1. The van der Waals surface area contributed by atoms with Gasteiger partial charge in [0.15, 0.2) is 11.6 Å². The van der Waals surface area contributed by atoms with Crippen LogP contribution in [0.25, 0.3) is 0 Å². The Hall–Kier alpha value is -2.89. The lowest BCUT2D eigenvalue weighted by Gasteiger charge is -2.11. The van der Waals surface area contributed by atoms with E-state index in [1.54, 1.807) is 0 Å². The molecule has 0 aliphatic heterocycles. The molecule has 27 heavy (non-hydrogen) atoms. The summed E-state index contributed by atoms with van der Waals surface area (Å²) in [5, 5.41) is 0. The molecule has 2 aromatic rings. The predicted molar refractivity (Wildman–Crippen MR) is 81.9 cm³/mol. The highest BCUT2D eigenvalue weighted by molar-refractivity contribution is 7.89. The van der Waals surface area contributed by atoms with E-state index < -0.39 is 51.0 Å². The Morgan fingerprint density at radius 2 is 1.56 bits per heavy atom. The van der Waals surface area contributed by atoms with Crippen LogP contribution in [0, 0.1) is 11.6 Å². The van der Waals surface area contributed by atoms with Crippen molar-refractivity contribution in [1.29, 1.82) is 0 Å². The van der Waals surface area contributed by atoms with Crippen molar-refractivity contribution in [2.45, 2.75) is 6.36 Å². The van der Waals surface area contributed by atoms with Crippen LogP contribution in [0.15, 0.2) is 36.4 Å². The van der Waals surface area contributed by atoms with Gasteiger partial charge >= 0.3 is 6.36 Å². The Morgan fingerprint density at radius 1 is 1.00 bits per heavy atom. The van der Waals surface area contributed by atoms with E-state index >= 15 is 0 Å². The first kappa shape index (κ1) is 20.4. The van der Waals surface area contributed by atoms with Crippen molar-refractivity contribution in [3.63, 3.8) is 0 Å². The second-order valence-corrected chi connectivity index (χ2v) is 6.84. The van der Waals surface area contributed by atoms with E-state index in [0.717, 1.165) is 24.3 Å². The van der Waals surface area contributed by atoms with Crippen molar-refractivity contribution in [3.05, 3.63) is 53.6 Å². The van der Waals surface area contributed by atoms with Gasteiger partial charge in [0.2, 0.25) is 10.0 Å². The van der Waals surface area contributed by atoms with Crippen molar-refractivity contribution in [2.24, 2.45) is 0 Å². The van der Waals surface area contributed by atoms with Gasteiger partial charge in [0.1, 0.15) is 17.3 Å². The van der Waals surface area contributed by atoms with Crippen LogP contribution in [-0.4, -0.2) is 26.9 Å². The largest absolute Gasteiger partial charge is 0.573 e. The minimum absolute atomic E-state index is 0.142. The molecule has 12 heteroatoms. The Morgan fingerprint density at radius 3 is 2.07 bits per heavy atom. The Bertz CT molecular complexity index is 958.